The molecule has 0 radical (unpaired) electrons. The lowest BCUT2D eigenvalue weighted by Crippen LogP contribution is -2.39. The molecule has 1 saturated heterocycles. The summed E-state index contributed by atoms with van der Waals surface area (Å²) in [5, 5.41) is 7.48. The monoisotopic (exact) mass is 431 g/mol. The minimum atomic E-state index is -0.142. The average molecular weight is 432 g/mol. The standard InChI is InChI=1S/C23H30ClN3O3/c1-4-25-22(27-17-9-10-20(28-2)21(15-17)29-3)26-16-23(11-13-30-14-12-23)18-7-5-6-8-19(18)24/h5-10,15H,4,11-14,16H2,1-3H3,(H2,25,26,27). The smallest absolute Gasteiger partial charge is 0.195 e. The highest BCUT2D eigenvalue weighted by atomic mass is 35.5. The summed E-state index contributed by atoms with van der Waals surface area (Å²) >= 11 is 6.57. The van der Waals surface area contributed by atoms with E-state index >= 15 is 0 Å². The van der Waals surface area contributed by atoms with E-state index in [2.05, 4.69) is 16.7 Å². The average Bonchev–Trinajstić information content (AvgIpc) is 2.78. The van der Waals surface area contributed by atoms with Crippen molar-refractivity contribution in [2.24, 2.45) is 4.99 Å². The quantitative estimate of drug-likeness (QED) is 0.499. The molecule has 0 spiro atoms. The van der Waals surface area contributed by atoms with E-state index in [1.54, 1.807) is 14.2 Å². The molecule has 0 bridgehead atoms. The molecule has 6 nitrogen and oxygen atoms in total. The molecule has 2 N–H and O–H groups in total. The Bertz CT molecular complexity index is 867. The van der Waals surface area contributed by atoms with Gasteiger partial charge in [0.1, 0.15) is 0 Å². The lowest BCUT2D eigenvalue weighted by Gasteiger charge is -2.37. The fraction of sp³-hybridized carbons (Fsp3) is 0.435. The molecular formula is C23H30ClN3O3. The van der Waals surface area contributed by atoms with Crippen molar-refractivity contribution < 1.29 is 14.2 Å². The molecule has 7 heteroatoms. The number of methoxy groups -OCH3 is 2. The Hall–Kier alpha value is -2.44. The molecule has 0 aliphatic carbocycles. The Morgan fingerprint density at radius 2 is 1.83 bits per heavy atom. The van der Waals surface area contributed by atoms with Crippen LogP contribution in [0.5, 0.6) is 11.5 Å². The summed E-state index contributed by atoms with van der Waals surface area (Å²) in [6.45, 7) is 4.83. The first-order valence-corrected chi connectivity index (χ1v) is 10.6. The van der Waals surface area contributed by atoms with Crippen LogP contribution in [0.15, 0.2) is 47.5 Å². The predicted molar refractivity (Wildman–Crippen MR) is 122 cm³/mol. The molecule has 1 aliphatic heterocycles. The second-order valence-corrected chi connectivity index (χ2v) is 7.67. The van der Waals surface area contributed by atoms with Gasteiger partial charge < -0.3 is 24.8 Å². The van der Waals surface area contributed by atoms with E-state index in [0.29, 0.717) is 37.2 Å². The van der Waals surface area contributed by atoms with Crippen LogP contribution in [0.25, 0.3) is 0 Å². The Morgan fingerprint density at radius 3 is 2.50 bits per heavy atom. The summed E-state index contributed by atoms with van der Waals surface area (Å²) in [5.41, 5.74) is 1.86. The molecule has 30 heavy (non-hydrogen) atoms. The summed E-state index contributed by atoms with van der Waals surface area (Å²) in [6, 6.07) is 13.8. The highest BCUT2D eigenvalue weighted by Crippen LogP contribution is 2.39. The van der Waals surface area contributed by atoms with Crippen LogP contribution in [0.2, 0.25) is 5.02 Å². The minimum Gasteiger partial charge on any atom is -0.493 e. The van der Waals surface area contributed by atoms with Gasteiger partial charge in [0.15, 0.2) is 17.5 Å². The molecule has 0 saturated carbocycles. The maximum Gasteiger partial charge on any atom is 0.195 e. The van der Waals surface area contributed by atoms with E-state index in [1.807, 2.05) is 43.3 Å². The van der Waals surface area contributed by atoms with Crippen molar-refractivity contribution in [3.63, 3.8) is 0 Å². The highest BCUT2D eigenvalue weighted by Gasteiger charge is 2.36. The van der Waals surface area contributed by atoms with E-state index in [-0.39, 0.29) is 5.41 Å². The number of hydrogen-bond donors (Lipinski definition) is 2. The SMILES string of the molecule is CCNC(=NCC1(c2ccccc2Cl)CCOCC1)Nc1ccc(OC)c(OC)c1. The van der Waals surface area contributed by atoms with Gasteiger partial charge in [0.25, 0.3) is 0 Å². The fourth-order valence-electron chi connectivity index (χ4n) is 3.75. The molecule has 1 fully saturated rings. The second-order valence-electron chi connectivity index (χ2n) is 7.26. The van der Waals surface area contributed by atoms with Gasteiger partial charge in [0, 0.05) is 41.9 Å². The van der Waals surface area contributed by atoms with Gasteiger partial charge in [-0.3, -0.25) is 4.99 Å². The van der Waals surface area contributed by atoms with Crippen molar-refractivity contribution in [1.82, 2.24) is 5.32 Å². The minimum absolute atomic E-state index is 0.142. The number of halogens is 1. The number of aliphatic imine (C=N–C) groups is 1. The molecule has 2 aromatic rings. The Morgan fingerprint density at radius 1 is 1.10 bits per heavy atom. The van der Waals surface area contributed by atoms with Gasteiger partial charge in [0.2, 0.25) is 0 Å². The van der Waals surface area contributed by atoms with Gasteiger partial charge in [-0.15, -0.1) is 0 Å². The summed E-state index contributed by atoms with van der Waals surface area (Å²) in [6.07, 6.45) is 1.77. The molecule has 0 aromatic heterocycles. The number of nitrogens with zero attached hydrogens (tertiary/aromatic N) is 1. The van der Waals surface area contributed by atoms with Crippen LogP contribution >= 0.6 is 11.6 Å². The van der Waals surface area contributed by atoms with Gasteiger partial charge >= 0.3 is 0 Å². The van der Waals surface area contributed by atoms with E-state index in [1.165, 1.54) is 0 Å². The summed E-state index contributed by atoms with van der Waals surface area (Å²) in [4.78, 5) is 4.93. The van der Waals surface area contributed by atoms with Crippen molar-refractivity contribution >= 4 is 23.2 Å². The van der Waals surface area contributed by atoms with Crippen LogP contribution in [-0.4, -0.2) is 46.5 Å². The third kappa shape index (κ3) is 5.18. The van der Waals surface area contributed by atoms with Gasteiger partial charge in [-0.1, -0.05) is 29.8 Å². The number of rotatable bonds is 7. The zero-order valence-electron chi connectivity index (χ0n) is 17.8. The fourth-order valence-corrected chi connectivity index (χ4v) is 4.09. The third-order valence-corrected chi connectivity index (χ3v) is 5.76. The van der Waals surface area contributed by atoms with Crippen LogP contribution in [0, 0.1) is 0 Å². The largest absolute Gasteiger partial charge is 0.493 e. The summed E-state index contributed by atoms with van der Waals surface area (Å²) in [7, 11) is 3.25. The zero-order valence-corrected chi connectivity index (χ0v) is 18.6. The van der Waals surface area contributed by atoms with Crippen LogP contribution in [0.3, 0.4) is 0 Å². The van der Waals surface area contributed by atoms with Gasteiger partial charge in [-0.2, -0.15) is 0 Å². The van der Waals surface area contributed by atoms with Crippen molar-refractivity contribution in [3.05, 3.63) is 53.1 Å². The topological polar surface area (TPSA) is 64.1 Å². The number of hydrogen-bond acceptors (Lipinski definition) is 4. The van der Waals surface area contributed by atoms with Gasteiger partial charge in [0.05, 0.1) is 20.8 Å². The first-order chi connectivity index (χ1) is 14.6. The number of guanidine groups is 1. The third-order valence-electron chi connectivity index (χ3n) is 5.43. The molecule has 3 rings (SSSR count). The maximum absolute atomic E-state index is 6.57. The van der Waals surface area contributed by atoms with Gasteiger partial charge in [-0.05, 0) is 43.5 Å². The van der Waals surface area contributed by atoms with Crippen LogP contribution in [0.1, 0.15) is 25.3 Å². The Kier molecular flexibility index (Phi) is 7.82. The second kappa shape index (κ2) is 10.5. The van der Waals surface area contributed by atoms with Crippen LogP contribution < -0.4 is 20.1 Å². The molecule has 0 atom stereocenters. The molecule has 2 aromatic carbocycles. The maximum atomic E-state index is 6.57. The molecule has 162 valence electrons. The van der Waals surface area contributed by atoms with Crippen molar-refractivity contribution in [2.45, 2.75) is 25.2 Å². The van der Waals surface area contributed by atoms with E-state index < -0.39 is 0 Å². The van der Waals surface area contributed by atoms with E-state index in [0.717, 1.165) is 35.7 Å². The van der Waals surface area contributed by atoms with E-state index in [9.17, 15) is 0 Å². The predicted octanol–water partition coefficient (Wildman–Crippen LogP) is 4.48. The first-order valence-electron chi connectivity index (χ1n) is 10.2. The Labute approximate surface area is 183 Å². The number of ether oxygens (including phenoxy) is 3. The molecule has 1 aliphatic rings. The normalized spacial score (nSPS) is 16.1. The van der Waals surface area contributed by atoms with Crippen molar-refractivity contribution in [2.75, 3.05) is 45.8 Å². The lowest BCUT2D eigenvalue weighted by molar-refractivity contribution is 0.0531. The number of nitrogens with one attached hydrogen (secondary N) is 2. The van der Waals surface area contributed by atoms with Crippen LogP contribution in [-0.2, 0) is 10.2 Å². The van der Waals surface area contributed by atoms with E-state index in [4.69, 9.17) is 30.8 Å². The molecule has 0 amide bonds. The Balaban J connectivity index is 1.86. The van der Waals surface area contributed by atoms with Crippen LogP contribution in [0.4, 0.5) is 5.69 Å². The highest BCUT2D eigenvalue weighted by molar-refractivity contribution is 6.31. The molecular weight excluding hydrogens is 402 g/mol. The van der Waals surface area contributed by atoms with Crippen molar-refractivity contribution in [1.29, 1.82) is 0 Å². The van der Waals surface area contributed by atoms with Crippen molar-refractivity contribution in [3.8, 4) is 11.5 Å². The summed E-state index contributed by atoms with van der Waals surface area (Å²) in [5.74, 6) is 2.06. The molecule has 0 unspecified atom stereocenters. The first kappa shape index (κ1) is 22.2. The zero-order chi connectivity index (χ0) is 21.4. The number of anilines is 1. The lowest BCUT2D eigenvalue weighted by atomic mass is 9.74. The molecule has 1 heterocycles. The number of benzene rings is 2. The summed E-state index contributed by atoms with van der Waals surface area (Å²) < 4.78 is 16.4. The van der Waals surface area contributed by atoms with Gasteiger partial charge in [-0.25, -0.2) is 0 Å².